The Morgan fingerprint density at radius 2 is 1.61 bits per heavy atom. The van der Waals surface area contributed by atoms with E-state index in [0.29, 0.717) is 28.0 Å². The molecule has 5 nitrogen and oxygen atoms in total. The summed E-state index contributed by atoms with van der Waals surface area (Å²) in [5, 5.41) is 10.8. The van der Waals surface area contributed by atoms with E-state index in [0.717, 1.165) is 5.75 Å². The Bertz CT molecular complexity index is 926. The summed E-state index contributed by atoms with van der Waals surface area (Å²) in [4.78, 5) is 12.1. The predicted molar refractivity (Wildman–Crippen MR) is 88.7 cm³/mol. The molecule has 3 aromatic rings. The number of aromatic hydroxyl groups is 1. The van der Waals surface area contributed by atoms with Crippen LogP contribution in [0.2, 0.25) is 0 Å². The average Bonchev–Trinajstić information content (AvgIpc) is 2.58. The molecule has 3 rings (SSSR count). The third-order valence-electron chi connectivity index (χ3n) is 3.86. The van der Waals surface area contributed by atoms with Gasteiger partial charge in [-0.2, -0.15) is 0 Å². The molecule has 0 fully saturated rings. The lowest BCUT2D eigenvalue weighted by Crippen LogP contribution is -2.19. The number of fused-ring (bicyclic) bond motifs is 1. The van der Waals surface area contributed by atoms with Crippen molar-refractivity contribution in [1.29, 1.82) is 0 Å². The summed E-state index contributed by atoms with van der Waals surface area (Å²) in [6.07, 6.45) is 0. The van der Waals surface area contributed by atoms with Crippen LogP contribution in [0, 0.1) is 6.92 Å². The SMILES string of the molecule is COc1ccc(Oc2ccc3c(O)c(C)c(=O)n(C)c3c2)cc1. The fourth-order valence-electron chi connectivity index (χ4n) is 2.50. The van der Waals surface area contributed by atoms with Crippen LogP contribution in [0.1, 0.15) is 5.56 Å². The van der Waals surface area contributed by atoms with Crippen molar-refractivity contribution in [2.24, 2.45) is 7.05 Å². The van der Waals surface area contributed by atoms with Gasteiger partial charge in [0.15, 0.2) is 0 Å². The summed E-state index contributed by atoms with van der Waals surface area (Å²) in [5.74, 6) is 2.00. The average molecular weight is 311 g/mol. The Kier molecular flexibility index (Phi) is 3.70. The number of hydrogen-bond acceptors (Lipinski definition) is 4. The van der Waals surface area contributed by atoms with Crippen LogP contribution in [0.15, 0.2) is 47.3 Å². The van der Waals surface area contributed by atoms with Crippen molar-refractivity contribution in [1.82, 2.24) is 4.57 Å². The fraction of sp³-hybridized carbons (Fsp3) is 0.167. The maximum absolute atomic E-state index is 12.1. The van der Waals surface area contributed by atoms with Crippen LogP contribution in [-0.4, -0.2) is 16.8 Å². The fourth-order valence-corrected chi connectivity index (χ4v) is 2.50. The molecule has 0 saturated carbocycles. The highest BCUT2D eigenvalue weighted by Gasteiger charge is 2.12. The van der Waals surface area contributed by atoms with Crippen LogP contribution in [0.25, 0.3) is 10.9 Å². The number of pyridine rings is 1. The lowest BCUT2D eigenvalue weighted by molar-refractivity contribution is 0.413. The second-order valence-corrected chi connectivity index (χ2v) is 5.29. The van der Waals surface area contributed by atoms with Crippen molar-refractivity contribution in [2.45, 2.75) is 6.92 Å². The van der Waals surface area contributed by atoms with Gasteiger partial charge in [0, 0.05) is 18.5 Å². The molecule has 2 aromatic carbocycles. The van der Waals surface area contributed by atoms with Crippen molar-refractivity contribution < 1.29 is 14.6 Å². The van der Waals surface area contributed by atoms with Crippen molar-refractivity contribution in [3.05, 3.63) is 58.4 Å². The third-order valence-corrected chi connectivity index (χ3v) is 3.86. The highest BCUT2D eigenvalue weighted by Crippen LogP contribution is 2.31. The molecule has 1 aromatic heterocycles. The molecule has 0 aliphatic rings. The molecule has 0 saturated heterocycles. The molecular formula is C18H17NO4. The molecule has 23 heavy (non-hydrogen) atoms. The maximum Gasteiger partial charge on any atom is 0.257 e. The molecule has 0 bridgehead atoms. The van der Waals surface area contributed by atoms with Gasteiger partial charge < -0.3 is 19.1 Å². The molecule has 0 amide bonds. The first-order valence-electron chi connectivity index (χ1n) is 7.15. The Labute approximate surface area is 133 Å². The quantitative estimate of drug-likeness (QED) is 0.806. The second kappa shape index (κ2) is 5.68. The first kappa shape index (κ1) is 15.0. The van der Waals surface area contributed by atoms with E-state index in [2.05, 4.69) is 0 Å². The largest absolute Gasteiger partial charge is 0.507 e. The van der Waals surface area contributed by atoms with Crippen molar-refractivity contribution in [3.63, 3.8) is 0 Å². The van der Waals surface area contributed by atoms with Crippen molar-refractivity contribution in [2.75, 3.05) is 7.11 Å². The van der Waals surface area contributed by atoms with E-state index < -0.39 is 0 Å². The van der Waals surface area contributed by atoms with Crippen molar-refractivity contribution in [3.8, 4) is 23.0 Å². The van der Waals surface area contributed by atoms with E-state index in [1.54, 1.807) is 63.5 Å². The topological polar surface area (TPSA) is 60.7 Å². The highest BCUT2D eigenvalue weighted by atomic mass is 16.5. The molecule has 0 aliphatic carbocycles. The number of rotatable bonds is 3. The lowest BCUT2D eigenvalue weighted by Gasteiger charge is -2.12. The summed E-state index contributed by atoms with van der Waals surface area (Å²) < 4.78 is 12.4. The van der Waals surface area contributed by atoms with Gasteiger partial charge in [-0.25, -0.2) is 0 Å². The Morgan fingerprint density at radius 3 is 2.26 bits per heavy atom. The molecule has 0 spiro atoms. The molecular weight excluding hydrogens is 294 g/mol. The maximum atomic E-state index is 12.1. The Morgan fingerprint density at radius 1 is 1.00 bits per heavy atom. The normalized spacial score (nSPS) is 10.7. The zero-order valence-corrected chi connectivity index (χ0v) is 13.2. The van der Waals surface area contributed by atoms with Gasteiger partial charge in [0.1, 0.15) is 23.0 Å². The number of ether oxygens (including phenoxy) is 2. The molecule has 0 radical (unpaired) electrons. The van der Waals surface area contributed by atoms with E-state index >= 15 is 0 Å². The standard InChI is InChI=1S/C18H17NO4/c1-11-17(20)15-9-8-14(10-16(15)19(2)18(11)21)23-13-6-4-12(22-3)5-7-13/h4-10,20H,1-3H3. The number of nitrogens with zero attached hydrogens (tertiary/aromatic N) is 1. The zero-order chi connectivity index (χ0) is 16.6. The zero-order valence-electron chi connectivity index (χ0n) is 13.2. The van der Waals surface area contributed by atoms with E-state index in [9.17, 15) is 9.90 Å². The van der Waals surface area contributed by atoms with Gasteiger partial charge in [-0.1, -0.05) is 0 Å². The first-order chi connectivity index (χ1) is 11.0. The second-order valence-electron chi connectivity index (χ2n) is 5.29. The third kappa shape index (κ3) is 2.61. The molecule has 1 heterocycles. The predicted octanol–water partition coefficient (Wildman–Crippen LogP) is 3.35. The summed E-state index contributed by atoms with van der Waals surface area (Å²) in [5.41, 5.74) is 0.726. The van der Waals surface area contributed by atoms with E-state index in [-0.39, 0.29) is 11.3 Å². The van der Waals surface area contributed by atoms with Crippen LogP contribution in [0.3, 0.4) is 0 Å². The smallest absolute Gasteiger partial charge is 0.257 e. The van der Waals surface area contributed by atoms with E-state index in [1.165, 1.54) is 4.57 Å². The minimum absolute atomic E-state index is 0.0131. The summed E-state index contributed by atoms with van der Waals surface area (Å²) >= 11 is 0. The summed E-state index contributed by atoms with van der Waals surface area (Å²) in [7, 11) is 3.28. The van der Waals surface area contributed by atoms with Gasteiger partial charge >= 0.3 is 0 Å². The van der Waals surface area contributed by atoms with Gasteiger partial charge in [0.25, 0.3) is 5.56 Å². The Hall–Kier alpha value is -2.95. The lowest BCUT2D eigenvalue weighted by atomic mass is 10.1. The van der Waals surface area contributed by atoms with Crippen LogP contribution in [0.5, 0.6) is 23.0 Å². The minimum atomic E-state index is -0.225. The molecule has 0 aliphatic heterocycles. The minimum Gasteiger partial charge on any atom is -0.507 e. The number of aryl methyl sites for hydroxylation is 1. The molecule has 0 unspecified atom stereocenters. The number of hydrogen-bond donors (Lipinski definition) is 1. The van der Waals surface area contributed by atoms with Gasteiger partial charge in [-0.05, 0) is 43.3 Å². The van der Waals surface area contributed by atoms with Gasteiger partial charge in [-0.15, -0.1) is 0 Å². The van der Waals surface area contributed by atoms with E-state index in [4.69, 9.17) is 9.47 Å². The monoisotopic (exact) mass is 311 g/mol. The number of benzene rings is 2. The van der Waals surface area contributed by atoms with Crippen LogP contribution >= 0.6 is 0 Å². The summed E-state index contributed by atoms with van der Waals surface area (Å²) in [6.45, 7) is 1.61. The highest BCUT2D eigenvalue weighted by molar-refractivity contribution is 5.87. The van der Waals surface area contributed by atoms with Crippen LogP contribution < -0.4 is 15.0 Å². The molecule has 1 N–H and O–H groups in total. The van der Waals surface area contributed by atoms with Gasteiger partial charge in [0.05, 0.1) is 18.2 Å². The summed E-state index contributed by atoms with van der Waals surface area (Å²) in [6, 6.07) is 12.5. The molecule has 5 heteroatoms. The van der Waals surface area contributed by atoms with Crippen LogP contribution in [-0.2, 0) is 7.05 Å². The Balaban J connectivity index is 2.04. The van der Waals surface area contributed by atoms with Gasteiger partial charge in [0.2, 0.25) is 0 Å². The van der Waals surface area contributed by atoms with Crippen molar-refractivity contribution >= 4 is 10.9 Å². The molecule has 118 valence electrons. The number of aromatic nitrogens is 1. The van der Waals surface area contributed by atoms with Gasteiger partial charge in [-0.3, -0.25) is 4.79 Å². The van der Waals surface area contributed by atoms with E-state index in [1.807, 2.05) is 0 Å². The molecule has 0 atom stereocenters. The van der Waals surface area contributed by atoms with Crippen LogP contribution in [0.4, 0.5) is 0 Å². The first-order valence-corrected chi connectivity index (χ1v) is 7.15. The number of methoxy groups -OCH3 is 1.